The van der Waals surface area contributed by atoms with Gasteiger partial charge in [0.15, 0.2) is 11.5 Å². The van der Waals surface area contributed by atoms with Gasteiger partial charge in [0.05, 0.1) is 27.9 Å². The van der Waals surface area contributed by atoms with Crippen LogP contribution in [0.25, 0.3) is 0 Å². The first-order valence-corrected chi connectivity index (χ1v) is 10.1. The molecule has 1 heterocycles. The maximum atomic E-state index is 5.71. The van der Waals surface area contributed by atoms with Crippen LogP contribution in [0.4, 0.5) is 0 Å². The molecule has 1 aliphatic rings. The van der Waals surface area contributed by atoms with Crippen LogP contribution in [0.2, 0.25) is 0 Å². The summed E-state index contributed by atoms with van der Waals surface area (Å²) in [4.78, 5) is 4.95. The zero-order valence-electron chi connectivity index (χ0n) is 17.9. The minimum atomic E-state index is 0.631. The Morgan fingerprint density at radius 1 is 0.724 bits per heavy atom. The van der Waals surface area contributed by atoms with Gasteiger partial charge in [-0.1, -0.05) is 6.07 Å². The molecule has 1 fully saturated rings. The number of benzene rings is 2. The van der Waals surface area contributed by atoms with Crippen molar-refractivity contribution in [2.45, 2.75) is 20.0 Å². The molecule has 0 atom stereocenters. The Kier molecular flexibility index (Phi) is 7.61. The van der Waals surface area contributed by atoms with Crippen molar-refractivity contribution < 1.29 is 18.9 Å². The molecule has 6 heteroatoms. The Balaban J connectivity index is 1.57. The molecular weight excluding hydrogens is 368 g/mol. The highest BCUT2D eigenvalue weighted by Gasteiger charge is 2.19. The molecule has 0 N–H and O–H groups in total. The third-order valence-electron chi connectivity index (χ3n) is 5.28. The van der Waals surface area contributed by atoms with Crippen LogP contribution in [0, 0.1) is 0 Å². The van der Waals surface area contributed by atoms with E-state index in [0.29, 0.717) is 6.61 Å². The van der Waals surface area contributed by atoms with Crippen molar-refractivity contribution in [1.29, 1.82) is 0 Å². The maximum Gasteiger partial charge on any atom is 0.161 e. The van der Waals surface area contributed by atoms with Crippen LogP contribution in [0.3, 0.4) is 0 Å². The van der Waals surface area contributed by atoms with Crippen LogP contribution in [0.5, 0.6) is 23.0 Å². The van der Waals surface area contributed by atoms with Crippen molar-refractivity contribution in [3.8, 4) is 23.0 Å². The van der Waals surface area contributed by atoms with Crippen molar-refractivity contribution >= 4 is 0 Å². The van der Waals surface area contributed by atoms with Gasteiger partial charge in [0.2, 0.25) is 0 Å². The summed E-state index contributed by atoms with van der Waals surface area (Å²) in [5.74, 6) is 3.38. The van der Waals surface area contributed by atoms with Crippen LogP contribution in [-0.4, -0.2) is 63.9 Å². The number of hydrogen-bond donors (Lipinski definition) is 0. The molecule has 0 bridgehead atoms. The molecule has 158 valence electrons. The molecule has 0 amide bonds. The van der Waals surface area contributed by atoms with Gasteiger partial charge in [-0.15, -0.1) is 0 Å². The van der Waals surface area contributed by atoms with E-state index in [2.05, 4.69) is 28.0 Å². The van der Waals surface area contributed by atoms with Crippen molar-refractivity contribution in [2.24, 2.45) is 0 Å². The van der Waals surface area contributed by atoms with Gasteiger partial charge in [-0.3, -0.25) is 9.80 Å². The fourth-order valence-corrected chi connectivity index (χ4v) is 3.70. The fourth-order valence-electron chi connectivity index (χ4n) is 3.70. The monoisotopic (exact) mass is 400 g/mol. The van der Waals surface area contributed by atoms with E-state index < -0.39 is 0 Å². The highest BCUT2D eigenvalue weighted by atomic mass is 16.5. The van der Waals surface area contributed by atoms with E-state index >= 15 is 0 Å². The summed E-state index contributed by atoms with van der Waals surface area (Å²) in [5.41, 5.74) is 2.41. The van der Waals surface area contributed by atoms with Gasteiger partial charge in [-0.25, -0.2) is 0 Å². The van der Waals surface area contributed by atoms with Crippen molar-refractivity contribution in [3.05, 3.63) is 47.5 Å². The summed E-state index contributed by atoms with van der Waals surface area (Å²) in [6.45, 7) is 8.51. The molecule has 1 saturated heterocycles. The number of methoxy groups -OCH3 is 3. The van der Waals surface area contributed by atoms with E-state index in [0.717, 1.165) is 67.8 Å². The lowest BCUT2D eigenvalue weighted by atomic mass is 10.1. The van der Waals surface area contributed by atoms with Crippen LogP contribution in [0.1, 0.15) is 18.1 Å². The lowest BCUT2D eigenvalue weighted by molar-refractivity contribution is 0.121. The second kappa shape index (κ2) is 10.4. The number of hydrogen-bond acceptors (Lipinski definition) is 6. The number of nitrogens with zero attached hydrogens (tertiary/aromatic N) is 2. The van der Waals surface area contributed by atoms with Gasteiger partial charge in [0.25, 0.3) is 0 Å². The number of rotatable bonds is 9. The summed E-state index contributed by atoms with van der Waals surface area (Å²) >= 11 is 0. The van der Waals surface area contributed by atoms with Gasteiger partial charge in [0, 0.05) is 44.8 Å². The first kappa shape index (κ1) is 21.3. The average molecular weight is 401 g/mol. The minimum absolute atomic E-state index is 0.631. The van der Waals surface area contributed by atoms with Gasteiger partial charge in [-0.05, 0) is 42.8 Å². The van der Waals surface area contributed by atoms with Crippen molar-refractivity contribution in [2.75, 3.05) is 54.1 Å². The Bertz CT molecular complexity index is 788. The molecule has 0 radical (unpaired) electrons. The van der Waals surface area contributed by atoms with Crippen molar-refractivity contribution in [1.82, 2.24) is 9.80 Å². The van der Waals surface area contributed by atoms with Crippen LogP contribution < -0.4 is 18.9 Å². The van der Waals surface area contributed by atoms with E-state index in [1.807, 2.05) is 25.1 Å². The molecule has 0 saturated carbocycles. The summed E-state index contributed by atoms with van der Waals surface area (Å²) in [6, 6.07) is 12.2. The summed E-state index contributed by atoms with van der Waals surface area (Å²) < 4.78 is 22.0. The smallest absolute Gasteiger partial charge is 0.161 e. The SMILES string of the molecule is CCOc1cc(CN2CCN(Cc3cc(OC)ccc3OC)CC2)ccc1OC. The first-order valence-electron chi connectivity index (χ1n) is 10.1. The predicted octanol–water partition coefficient (Wildman–Crippen LogP) is 3.43. The molecule has 2 aromatic rings. The normalized spacial score (nSPS) is 15.2. The summed E-state index contributed by atoms with van der Waals surface area (Å²) in [7, 11) is 5.09. The maximum absolute atomic E-state index is 5.71. The molecule has 0 aliphatic carbocycles. The largest absolute Gasteiger partial charge is 0.497 e. The quantitative estimate of drug-likeness (QED) is 0.643. The van der Waals surface area contributed by atoms with E-state index in [4.69, 9.17) is 18.9 Å². The molecule has 3 rings (SSSR count). The third-order valence-corrected chi connectivity index (χ3v) is 5.28. The van der Waals surface area contributed by atoms with Crippen LogP contribution in [-0.2, 0) is 13.1 Å². The summed E-state index contributed by atoms with van der Waals surface area (Å²) in [5, 5.41) is 0. The molecule has 0 unspecified atom stereocenters. The highest BCUT2D eigenvalue weighted by Crippen LogP contribution is 2.29. The Hall–Kier alpha value is -2.44. The standard InChI is InChI=1S/C23H32N2O4/c1-5-29-23-14-18(6-8-22(23)28-4)16-24-10-12-25(13-11-24)17-19-15-20(26-2)7-9-21(19)27-3/h6-9,14-15H,5,10-13,16-17H2,1-4H3. The molecule has 29 heavy (non-hydrogen) atoms. The molecule has 6 nitrogen and oxygen atoms in total. The second-order valence-corrected chi connectivity index (χ2v) is 7.15. The summed E-state index contributed by atoms with van der Waals surface area (Å²) in [6.07, 6.45) is 0. The third kappa shape index (κ3) is 5.55. The van der Waals surface area contributed by atoms with Crippen LogP contribution in [0.15, 0.2) is 36.4 Å². The van der Waals surface area contributed by atoms with Gasteiger partial charge in [-0.2, -0.15) is 0 Å². The topological polar surface area (TPSA) is 43.4 Å². The Morgan fingerprint density at radius 2 is 1.38 bits per heavy atom. The average Bonchev–Trinajstić information content (AvgIpc) is 2.75. The molecular formula is C23H32N2O4. The van der Waals surface area contributed by atoms with Crippen LogP contribution >= 0.6 is 0 Å². The number of ether oxygens (including phenoxy) is 4. The second-order valence-electron chi connectivity index (χ2n) is 7.15. The molecule has 1 aliphatic heterocycles. The van der Waals surface area contributed by atoms with Gasteiger partial charge >= 0.3 is 0 Å². The highest BCUT2D eigenvalue weighted by molar-refractivity contribution is 5.43. The van der Waals surface area contributed by atoms with E-state index in [-0.39, 0.29) is 0 Å². The molecule has 2 aromatic carbocycles. The van der Waals surface area contributed by atoms with E-state index in [9.17, 15) is 0 Å². The minimum Gasteiger partial charge on any atom is -0.497 e. The fraction of sp³-hybridized carbons (Fsp3) is 0.478. The lowest BCUT2D eigenvalue weighted by Crippen LogP contribution is -2.45. The Labute approximate surface area is 173 Å². The Morgan fingerprint density at radius 3 is 2.00 bits per heavy atom. The van der Waals surface area contributed by atoms with E-state index in [1.54, 1.807) is 21.3 Å². The first-order chi connectivity index (χ1) is 14.2. The zero-order valence-corrected chi connectivity index (χ0v) is 17.9. The molecule has 0 spiro atoms. The lowest BCUT2D eigenvalue weighted by Gasteiger charge is -2.35. The van der Waals surface area contributed by atoms with Crippen molar-refractivity contribution in [3.63, 3.8) is 0 Å². The predicted molar refractivity (Wildman–Crippen MR) is 114 cm³/mol. The molecule has 0 aromatic heterocycles. The van der Waals surface area contributed by atoms with Gasteiger partial charge < -0.3 is 18.9 Å². The van der Waals surface area contributed by atoms with Gasteiger partial charge in [0.1, 0.15) is 11.5 Å². The zero-order chi connectivity index (χ0) is 20.6. The number of piperazine rings is 1. The van der Waals surface area contributed by atoms with E-state index in [1.165, 1.54) is 5.56 Å².